The van der Waals surface area contributed by atoms with Gasteiger partial charge >= 0.3 is 6.18 Å². The molecule has 2 aromatic rings. The molecule has 0 radical (unpaired) electrons. The van der Waals surface area contributed by atoms with Crippen LogP contribution in [0.25, 0.3) is 0 Å². The second kappa shape index (κ2) is 11.5. The molecule has 1 aromatic carbocycles. The molecule has 0 bridgehead atoms. The second-order valence-electron chi connectivity index (χ2n) is 9.01. The number of fused-ring (bicyclic) bond motifs is 1. The van der Waals surface area contributed by atoms with Crippen LogP contribution < -0.4 is 11.5 Å². The Labute approximate surface area is 227 Å². The summed E-state index contributed by atoms with van der Waals surface area (Å²) in [5, 5.41) is 0. The number of allylic oxidation sites excluding steroid dienone is 3. The van der Waals surface area contributed by atoms with Crippen molar-refractivity contribution in [3.63, 3.8) is 0 Å². The SMILES string of the molecule is CN=C/C(=C\N)SN1CCC2=CC(=Nc3ccc(F)cc3)/C(=C\N)CC2(C(=O)c2cc(C(F)(F)F)ccn2)C1. The number of alkyl halides is 3. The monoisotopic (exact) mass is 558 g/mol. The summed E-state index contributed by atoms with van der Waals surface area (Å²) >= 11 is 1.30. The van der Waals surface area contributed by atoms with Crippen molar-refractivity contribution in [1.82, 2.24) is 9.29 Å². The molecule has 1 atom stereocenters. The number of nitrogens with zero attached hydrogens (tertiary/aromatic N) is 4. The van der Waals surface area contributed by atoms with E-state index in [1.807, 2.05) is 4.31 Å². The van der Waals surface area contributed by atoms with Crippen LogP contribution in [0, 0.1) is 11.2 Å². The molecule has 2 aliphatic rings. The number of piperidine rings is 1. The number of Topliss-reactive ketones (excluding diaryl/α,β-unsaturated/α-hetero) is 1. The normalized spacial score (nSPS) is 22.8. The van der Waals surface area contributed by atoms with E-state index in [2.05, 4.69) is 15.0 Å². The number of aromatic nitrogens is 1. The standard InChI is InChI=1S/C27H26F4N6OS/c1-34-15-22(14-33)39-37-9-7-18-10-23(36-21-4-2-20(28)3-5-21)17(13-32)12-26(18,16-37)25(38)24-11-19(6-8-35-24)27(29,30)31/h2-6,8,10-11,13-15H,7,9,12,16,32-33H2,1H3/b17-13-,22-14+,34-15?,36-23?. The average Bonchev–Trinajstić information content (AvgIpc) is 2.93. The number of rotatable bonds is 6. The molecule has 12 heteroatoms. The number of carbonyl (C=O) groups is 1. The highest BCUT2D eigenvalue weighted by Crippen LogP contribution is 2.48. The van der Waals surface area contributed by atoms with Gasteiger partial charge in [-0.15, -0.1) is 0 Å². The number of hydrogen-bond acceptors (Lipinski definition) is 8. The minimum atomic E-state index is -4.63. The third kappa shape index (κ3) is 6.12. The summed E-state index contributed by atoms with van der Waals surface area (Å²) in [7, 11) is 1.60. The van der Waals surface area contributed by atoms with Crippen LogP contribution in [0.2, 0.25) is 0 Å². The van der Waals surface area contributed by atoms with Crippen molar-refractivity contribution in [1.29, 1.82) is 0 Å². The van der Waals surface area contributed by atoms with E-state index in [4.69, 9.17) is 11.5 Å². The molecule has 0 amide bonds. The smallest absolute Gasteiger partial charge is 0.404 e. The van der Waals surface area contributed by atoms with E-state index >= 15 is 0 Å². The van der Waals surface area contributed by atoms with Crippen molar-refractivity contribution in [2.24, 2.45) is 26.9 Å². The lowest BCUT2D eigenvalue weighted by Gasteiger charge is -2.45. The van der Waals surface area contributed by atoms with Crippen LogP contribution in [0.1, 0.15) is 28.9 Å². The van der Waals surface area contributed by atoms with Gasteiger partial charge in [-0.05, 0) is 79.0 Å². The molecule has 1 fully saturated rings. The molecule has 4 N–H and O–H groups in total. The molecule has 1 aliphatic heterocycles. The Balaban J connectivity index is 1.81. The number of aliphatic imine (C=N–C) groups is 2. The maximum Gasteiger partial charge on any atom is 0.416 e. The summed E-state index contributed by atoms with van der Waals surface area (Å²) in [4.78, 5) is 27.4. The highest BCUT2D eigenvalue weighted by Gasteiger charge is 2.50. The summed E-state index contributed by atoms with van der Waals surface area (Å²) in [6.45, 7) is 0.693. The molecule has 1 unspecified atom stereocenters. The topological polar surface area (TPSA) is 110 Å². The van der Waals surface area contributed by atoms with Crippen molar-refractivity contribution in [3.8, 4) is 0 Å². The minimum Gasteiger partial charge on any atom is -0.404 e. The predicted molar refractivity (Wildman–Crippen MR) is 145 cm³/mol. The van der Waals surface area contributed by atoms with E-state index in [1.54, 1.807) is 19.3 Å². The minimum absolute atomic E-state index is 0.0900. The zero-order chi connectivity index (χ0) is 28.2. The Morgan fingerprint density at radius 2 is 1.95 bits per heavy atom. The Morgan fingerprint density at radius 1 is 1.21 bits per heavy atom. The Hall–Kier alpha value is -3.77. The maximum atomic E-state index is 14.1. The highest BCUT2D eigenvalue weighted by molar-refractivity contribution is 8.01. The van der Waals surface area contributed by atoms with Crippen molar-refractivity contribution >= 4 is 35.3 Å². The third-order valence-electron chi connectivity index (χ3n) is 6.51. The number of carbonyl (C=O) groups excluding carboxylic acids is 1. The fourth-order valence-corrected chi connectivity index (χ4v) is 5.63. The summed E-state index contributed by atoms with van der Waals surface area (Å²) in [6, 6.07) is 7.21. The van der Waals surface area contributed by atoms with Crippen LogP contribution in [-0.2, 0) is 6.18 Å². The number of nitrogens with two attached hydrogens (primary N) is 2. The van der Waals surface area contributed by atoms with Gasteiger partial charge in [-0.25, -0.2) is 13.7 Å². The van der Waals surface area contributed by atoms with E-state index in [9.17, 15) is 22.4 Å². The van der Waals surface area contributed by atoms with Gasteiger partial charge in [-0.1, -0.05) is 5.57 Å². The molecular formula is C27H26F4N6OS. The van der Waals surface area contributed by atoms with Crippen molar-refractivity contribution in [2.75, 3.05) is 20.1 Å². The van der Waals surface area contributed by atoms with Crippen LogP contribution in [0.3, 0.4) is 0 Å². The fourth-order valence-electron chi connectivity index (χ4n) is 4.65. The van der Waals surface area contributed by atoms with Crippen molar-refractivity contribution < 1.29 is 22.4 Å². The molecule has 4 rings (SSSR count). The molecule has 0 spiro atoms. The largest absolute Gasteiger partial charge is 0.416 e. The molecule has 2 heterocycles. The molecule has 0 saturated carbocycles. The predicted octanol–water partition coefficient (Wildman–Crippen LogP) is 5.21. The lowest BCUT2D eigenvalue weighted by atomic mass is 9.64. The molecule has 7 nitrogen and oxygen atoms in total. The first-order valence-corrected chi connectivity index (χ1v) is 12.7. The number of halogens is 4. The van der Waals surface area contributed by atoms with Crippen molar-refractivity contribution in [2.45, 2.75) is 19.0 Å². The quantitative estimate of drug-likeness (QED) is 0.218. The Bertz CT molecular complexity index is 1400. The first-order valence-electron chi connectivity index (χ1n) is 11.9. The molecule has 39 heavy (non-hydrogen) atoms. The maximum absolute atomic E-state index is 14.1. The van der Waals surface area contributed by atoms with Gasteiger partial charge in [0.1, 0.15) is 11.5 Å². The molecule has 1 aliphatic carbocycles. The lowest BCUT2D eigenvalue weighted by Crippen LogP contribution is -2.49. The summed E-state index contributed by atoms with van der Waals surface area (Å²) in [6.07, 6.45) is 2.95. The first-order chi connectivity index (χ1) is 18.6. The molecule has 1 saturated heterocycles. The van der Waals surface area contributed by atoms with Gasteiger partial charge in [0.2, 0.25) is 0 Å². The Kier molecular flexibility index (Phi) is 8.36. The van der Waals surface area contributed by atoms with E-state index in [0.717, 1.165) is 18.3 Å². The van der Waals surface area contributed by atoms with Crippen LogP contribution in [0.15, 0.2) is 87.1 Å². The Morgan fingerprint density at radius 3 is 2.59 bits per heavy atom. The third-order valence-corrected chi connectivity index (χ3v) is 7.53. The fraction of sp³-hybridized carbons (Fsp3) is 0.259. The number of pyridine rings is 1. The summed E-state index contributed by atoms with van der Waals surface area (Å²) in [5.41, 5.74) is 11.4. The molecular weight excluding hydrogens is 532 g/mol. The van der Waals surface area contributed by atoms with Gasteiger partial charge in [0.25, 0.3) is 0 Å². The second-order valence-corrected chi connectivity index (χ2v) is 10.2. The van der Waals surface area contributed by atoms with Crippen LogP contribution in [-0.4, -0.2) is 47.1 Å². The molecule has 1 aromatic heterocycles. The van der Waals surface area contributed by atoms with Gasteiger partial charge in [-0.2, -0.15) is 13.2 Å². The summed E-state index contributed by atoms with van der Waals surface area (Å²) in [5.74, 6) is -0.953. The summed E-state index contributed by atoms with van der Waals surface area (Å²) < 4.78 is 55.7. The average molecular weight is 559 g/mol. The van der Waals surface area contributed by atoms with Gasteiger partial charge in [0.05, 0.1) is 27.3 Å². The van der Waals surface area contributed by atoms with Crippen LogP contribution >= 0.6 is 11.9 Å². The molecule has 204 valence electrons. The van der Waals surface area contributed by atoms with E-state index < -0.39 is 28.8 Å². The van der Waals surface area contributed by atoms with E-state index in [1.165, 1.54) is 48.6 Å². The first kappa shape index (κ1) is 28.2. The van der Waals surface area contributed by atoms with Crippen LogP contribution in [0.4, 0.5) is 23.2 Å². The number of ketones is 1. The van der Waals surface area contributed by atoms with Gasteiger partial charge in [0, 0.05) is 38.7 Å². The zero-order valence-electron chi connectivity index (χ0n) is 21.0. The lowest BCUT2D eigenvalue weighted by molar-refractivity contribution is -0.137. The van der Waals surface area contributed by atoms with Crippen molar-refractivity contribution in [3.05, 3.63) is 94.2 Å². The highest BCUT2D eigenvalue weighted by atomic mass is 32.2. The zero-order valence-corrected chi connectivity index (χ0v) is 21.8. The number of hydrogen-bond donors (Lipinski definition) is 2. The van der Waals surface area contributed by atoms with Gasteiger partial charge in [0.15, 0.2) is 5.78 Å². The van der Waals surface area contributed by atoms with Gasteiger partial charge < -0.3 is 11.5 Å². The van der Waals surface area contributed by atoms with Crippen LogP contribution in [0.5, 0.6) is 0 Å². The van der Waals surface area contributed by atoms with Gasteiger partial charge in [-0.3, -0.25) is 14.8 Å². The van der Waals surface area contributed by atoms with E-state index in [0.29, 0.717) is 40.4 Å². The number of benzene rings is 1. The van der Waals surface area contributed by atoms with E-state index in [-0.39, 0.29) is 18.7 Å².